The van der Waals surface area contributed by atoms with Crippen molar-refractivity contribution in [2.45, 2.75) is 104 Å². The molecule has 2 aromatic carbocycles. The van der Waals surface area contributed by atoms with Crippen molar-refractivity contribution in [3.63, 3.8) is 0 Å². The fourth-order valence-electron chi connectivity index (χ4n) is 4.59. The number of pyridine rings is 1. The molecule has 0 atom stereocenters. The number of hydrogen-bond donors (Lipinski definition) is 1. The van der Waals surface area contributed by atoms with Gasteiger partial charge in [-0.05, 0) is 61.6 Å². The maximum Gasteiger partial charge on any atom is 0.339 e. The van der Waals surface area contributed by atoms with Crippen molar-refractivity contribution in [3.05, 3.63) is 77.0 Å². The van der Waals surface area contributed by atoms with E-state index in [2.05, 4.69) is 37.9 Å². The largest absolute Gasteiger partial charge is 0.478 e. The molecule has 0 aliphatic rings. The number of benzene rings is 2. The van der Waals surface area contributed by atoms with Gasteiger partial charge in [0.05, 0.1) is 23.3 Å². The van der Waals surface area contributed by atoms with E-state index in [1.54, 1.807) is 6.07 Å². The van der Waals surface area contributed by atoms with Crippen LogP contribution in [0.3, 0.4) is 0 Å². The Kier molecular flexibility index (Phi) is 15.5. The molecule has 0 spiro atoms. The molecule has 0 saturated heterocycles. The number of carboxylic acid groups (broad SMARTS) is 1. The highest BCUT2D eigenvalue weighted by Gasteiger charge is 2.18. The van der Waals surface area contributed by atoms with Gasteiger partial charge in [-0.25, -0.2) is 9.59 Å². The number of aryl methyl sites for hydroxylation is 2. The molecule has 0 aliphatic heterocycles. The summed E-state index contributed by atoms with van der Waals surface area (Å²) in [7, 11) is 0. The molecule has 1 heterocycles. The molecule has 3 aromatic rings. The van der Waals surface area contributed by atoms with Crippen LogP contribution in [0.5, 0.6) is 0 Å². The smallest absolute Gasteiger partial charge is 0.339 e. The van der Waals surface area contributed by atoms with Crippen molar-refractivity contribution in [3.8, 4) is 0 Å². The van der Waals surface area contributed by atoms with Crippen molar-refractivity contribution in [1.82, 2.24) is 4.98 Å². The Bertz CT molecular complexity index is 1140. The fourth-order valence-corrected chi connectivity index (χ4v) is 4.59. The van der Waals surface area contributed by atoms with Crippen molar-refractivity contribution < 1.29 is 19.4 Å². The lowest BCUT2D eigenvalue weighted by atomic mass is 9.99. The summed E-state index contributed by atoms with van der Waals surface area (Å²) in [6, 6.07) is 15.3. The average molecular weight is 534 g/mol. The zero-order chi connectivity index (χ0) is 28.3. The summed E-state index contributed by atoms with van der Waals surface area (Å²) in [4.78, 5) is 28.1. The quantitative estimate of drug-likeness (QED) is 0.147. The molecule has 0 aliphatic carbocycles. The van der Waals surface area contributed by atoms with Gasteiger partial charge in [-0.15, -0.1) is 0 Å². The Morgan fingerprint density at radius 1 is 0.769 bits per heavy atom. The maximum atomic E-state index is 12.4. The molecule has 0 amide bonds. The van der Waals surface area contributed by atoms with Crippen LogP contribution in [0.1, 0.15) is 123 Å². The van der Waals surface area contributed by atoms with E-state index in [1.807, 2.05) is 30.5 Å². The van der Waals surface area contributed by atoms with E-state index in [1.165, 1.54) is 68.4 Å². The molecular formula is C34H47NO4. The lowest BCUT2D eigenvalue weighted by Crippen LogP contribution is -2.13. The molecule has 0 saturated carbocycles. The minimum atomic E-state index is -1.09. The maximum absolute atomic E-state index is 12.4. The molecular weight excluding hydrogens is 486 g/mol. The first-order valence-electron chi connectivity index (χ1n) is 14.8. The van der Waals surface area contributed by atoms with Crippen LogP contribution in [0.4, 0.5) is 0 Å². The van der Waals surface area contributed by atoms with E-state index in [4.69, 9.17) is 4.74 Å². The van der Waals surface area contributed by atoms with Gasteiger partial charge < -0.3 is 9.84 Å². The molecule has 0 unspecified atom stereocenters. The summed E-state index contributed by atoms with van der Waals surface area (Å²) in [6.45, 7) is 6.84. The third-order valence-electron chi connectivity index (χ3n) is 6.95. The molecule has 0 bridgehead atoms. The standard InChI is InChI=1S/C24H38O4.C10H9N/c1-3-5-7-9-11-13-15-20-16-17-21(23(25)26)22(19-20)24(27)28-18-14-12-10-8-6-4-2;1-8-4-2-6-10-9(8)5-3-7-11-10/h16-17,19H,3-15,18H2,1-2H3,(H,25,26);2-7H,1H3. The van der Waals surface area contributed by atoms with Gasteiger partial charge in [-0.3, -0.25) is 4.98 Å². The summed E-state index contributed by atoms with van der Waals surface area (Å²) in [5.41, 5.74) is 3.58. The normalized spacial score (nSPS) is 10.6. The van der Waals surface area contributed by atoms with E-state index in [0.717, 1.165) is 43.2 Å². The van der Waals surface area contributed by atoms with Crippen LogP contribution in [0.15, 0.2) is 54.7 Å². The second kappa shape index (κ2) is 18.9. The molecule has 5 heteroatoms. The Labute approximate surface area is 235 Å². The van der Waals surface area contributed by atoms with Crippen LogP contribution in [0.25, 0.3) is 10.9 Å². The Morgan fingerprint density at radius 3 is 2.10 bits per heavy atom. The summed E-state index contributed by atoms with van der Waals surface area (Å²) < 4.78 is 5.35. The molecule has 1 aromatic heterocycles. The van der Waals surface area contributed by atoms with Crippen LogP contribution in [0, 0.1) is 6.92 Å². The first-order valence-corrected chi connectivity index (χ1v) is 14.8. The Hall–Kier alpha value is -3.21. The van der Waals surface area contributed by atoms with Gasteiger partial charge in [0, 0.05) is 11.6 Å². The molecule has 39 heavy (non-hydrogen) atoms. The highest BCUT2D eigenvalue weighted by Crippen LogP contribution is 2.18. The third kappa shape index (κ3) is 12.0. The van der Waals surface area contributed by atoms with Crippen LogP contribution >= 0.6 is 0 Å². The summed E-state index contributed by atoms with van der Waals surface area (Å²) >= 11 is 0. The average Bonchev–Trinajstić information content (AvgIpc) is 2.95. The number of hydrogen-bond acceptors (Lipinski definition) is 4. The van der Waals surface area contributed by atoms with Gasteiger partial charge in [0.25, 0.3) is 0 Å². The molecule has 212 valence electrons. The van der Waals surface area contributed by atoms with E-state index in [0.29, 0.717) is 6.61 Å². The second-order valence-corrected chi connectivity index (χ2v) is 10.3. The zero-order valence-electron chi connectivity index (χ0n) is 24.2. The van der Waals surface area contributed by atoms with Crippen LogP contribution in [-0.2, 0) is 11.2 Å². The monoisotopic (exact) mass is 533 g/mol. The van der Waals surface area contributed by atoms with Gasteiger partial charge in [0.15, 0.2) is 0 Å². The van der Waals surface area contributed by atoms with Crippen LogP contribution in [-0.4, -0.2) is 28.6 Å². The number of esters is 1. The number of ether oxygens (including phenoxy) is 1. The second-order valence-electron chi connectivity index (χ2n) is 10.3. The highest BCUT2D eigenvalue weighted by molar-refractivity contribution is 6.02. The Balaban J connectivity index is 0.000000397. The van der Waals surface area contributed by atoms with Gasteiger partial charge in [0.2, 0.25) is 0 Å². The number of rotatable bonds is 16. The molecule has 0 fully saturated rings. The number of aromatic nitrogens is 1. The number of carbonyl (C=O) groups is 2. The third-order valence-corrected chi connectivity index (χ3v) is 6.95. The van der Waals surface area contributed by atoms with E-state index in [9.17, 15) is 14.7 Å². The number of unbranched alkanes of at least 4 members (excludes halogenated alkanes) is 10. The van der Waals surface area contributed by atoms with Gasteiger partial charge in [-0.2, -0.15) is 0 Å². The predicted molar refractivity (Wildman–Crippen MR) is 161 cm³/mol. The zero-order valence-corrected chi connectivity index (χ0v) is 24.2. The van der Waals surface area contributed by atoms with E-state index < -0.39 is 11.9 Å². The minimum Gasteiger partial charge on any atom is -0.478 e. The number of fused-ring (bicyclic) bond motifs is 1. The molecule has 1 N–H and O–H groups in total. The van der Waals surface area contributed by atoms with Crippen LogP contribution in [0.2, 0.25) is 0 Å². The van der Waals surface area contributed by atoms with Crippen molar-refractivity contribution in [2.24, 2.45) is 0 Å². The summed E-state index contributed by atoms with van der Waals surface area (Å²) in [5.74, 6) is -1.60. The molecule has 0 radical (unpaired) electrons. The van der Waals surface area contributed by atoms with Crippen molar-refractivity contribution in [2.75, 3.05) is 6.61 Å². The van der Waals surface area contributed by atoms with Crippen molar-refractivity contribution in [1.29, 1.82) is 0 Å². The van der Waals surface area contributed by atoms with E-state index in [-0.39, 0.29) is 11.1 Å². The molecule has 3 rings (SSSR count). The highest BCUT2D eigenvalue weighted by atomic mass is 16.5. The lowest BCUT2D eigenvalue weighted by molar-refractivity contribution is 0.0487. The van der Waals surface area contributed by atoms with Crippen molar-refractivity contribution >= 4 is 22.8 Å². The van der Waals surface area contributed by atoms with Gasteiger partial charge in [0.1, 0.15) is 0 Å². The SMILES string of the molecule is CCCCCCCCOC(=O)c1cc(CCCCCCCC)ccc1C(=O)O.Cc1cccc2ncccc12. The Morgan fingerprint density at radius 2 is 1.44 bits per heavy atom. The predicted octanol–water partition coefficient (Wildman–Crippen LogP) is 9.35. The number of aromatic carboxylic acids is 1. The van der Waals surface area contributed by atoms with Gasteiger partial charge >= 0.3 is 11.9 Å². The van der Waals surface area contributed by atoms with Gasteiger partial charge in [-0.1, -0.05) is 102 Å². The number of carbonyl (C=O) groups excluding carboxylic acids is 1. The lowest BCUT2D eigenvalue weighted by Gasteiger charge is -2.10. The minimum absolute atomic E-state index is 0.0274. The fraction of sp³-hybridized carbons (Fsp3) is 0.500. The first-order chi connectivity index (χ1) is 19.0. The summed E-state index contributed by atoms with van der Waals surface area (Å²) in [6.07, 6.45) is 16.6. The first kappa shape index (κ1) is 32.0. The number of carboxylic acids is 1. The van der Waals surface area contributed by atoms with E-state index >= 15 is 0 Å². The number of nitrogens with zero attached hydrogens (tertiary/aromatic N) is 1. The topological polar surface area (TPSA) is 76.5 Å². The summed E-state index contributed by atoms with van der Waals surface area (Å²) in [5, 5.41) is 10.6. The van der Waals surface area contributed by atoms with Crippen LogP contribution < -0.4 is 0 Å². The molecule has 5 nitrogen and oxygen atoms in total.